The molecule has 0 bridgehead atoms. The lowest BCUT2D eigenvalue weighted by molar-refractivity contribution is 0.0471. The van der Waals surface area contributed by atoms with Crippen molar-refractivity contribution < 1.29 is 14.1 Å². The molecule has 0 aliphatic carbocycles. The minimum atomic E-state index is -0.464. The van der Waals surface area contributed by atoms with E-state index in [0.717, 1.165) is 38.2 Å². The van der Waals surface area contributed by atoms with Gasteiger partial charge in [0.2, 0.25) is 5.89 Å². The summed E-state index contributed by atoms with van der Waals surface area (Å²) in [5.74, 6) is 1.91. The third kappa shape index (κ3) is 5.78. The number of hydrogen-bond donors (Lipinski definition) is 1. The Morgan fingerprint density at radius 3 is 2.62 bits per heavy atom. The molecule has 1 atom stereocenters. The lowest BCUT2D eigenvalue weighted by Crippen LogP contribution is -2.45. The largest absolute Gasteiger partial charge is 0.444 e. The Kier molecular flexibility index (Phi) is 6.21. The molecule has 7 heteroatoms. The highest BCUT2D eigenvalue weighted by atomic mass is 16.6. The SMILES string of the molecule is CCc1noc(CN2CCC([C@H](C)NC(=O)OC(C)(C)C)CC2)n1. The van der Waals surface area contributed by atoms with E-state index in [4.69, 9.17) is 9.26 Å². The quantitative estimate of drug-likeness (QED) is 0.889. The van der Waals surface area contributed by atoms with Crippen molar-refractivity contribution in [2.45, 2.75) is 72.1 Å². The van der Waals surface area contributed by atoms with Crippen LogP contribution in [0.5, 0.6) is 0 Å². The second-order valence-electron chi connectivity index (χ2n) is 7.51. The van der Waals surface area contributed by atoms with Crippen LogP contribution in [-0.2, 0) is 17.7 Å². The first-order valence-corrected chi connectivity index (χ1v) is 8.80. The number of nitrogens with zero attached hydrogens (tertiary/aromatic N) is 3. The molecule has 2 heterocycles. The molecule has 2 rings (SSSR count). The molecule has 1 aliphatic heterocycles. The highest BCUT2D eigenvalue weighted by molar-refractivity contribution is 5.68. The van der Waals surface area contributed by atoms with Crippen LogP contribution in [0.25, 0.3) is 0 Å². The normalized spacial score (nSPS) is 18.4. The number of aryl methyl sites for hydroxylation is 1. The van der Waals surface area contributed by atoms with Gasteiger partial charge in [0.25, 0.3) is 0 Å². The van der Waals surface area contributed by atoms with Crippen molar-refractivity contribution in [2.75, 3.05) is 13.1 Å². The topological polar surface area (TPSA) is 80.5 Å². The number of piperidine rings is 1. The van der Waals surface area contributed by atoms with Gasteiger partial charge in [0.05, 0.1) is 6.54 Å². The van der Waals surface area contributed by atoms with E-state index in [1.807, 2.05) is 27.7 Å². The van der Waals surface area contributed by atoms with E-state index in [1.165, 1.54) is 0 Å². The van der Waals surface area contributed by atoms with Gasteiger partial charge in [-0.2, -0.15) is 4.98 Å². The number of aromatic nitrogens is 2. The summed E-state index contributed by atoms with van der Waals surface area (Å²) in [6.07, 6.45) is 2.52. The second kappa shape index (κ2) is 7.96. The van der Waals surface area contributed by atoms with Crippen LogP contribution in [-0.4, -0.2) is 45.9 Å². The molecule has 1 amide bonds. The van der Waals surface area contributed by atoms with Crippen molar-refractivity contribution in [3.05, 3.63) is 11.7 Å². The molecule has 1 aliphatic rings. The van der Waals surface area contributed by atoms with Crippen molar-refractivity contribution in [3.63, 3.8) is 0 Å². The standard InChI is InChI=1S/C17H30N4O3/c1-6-14-19-15(24-20-14)11-21-9-7-13(8-10-21)12(2)18-16(22)23-17(3,4)5/h12-13H,6-11H2,1-5H3,(H,18,22)/t12-/m0/s1. The molecule has 1 N–H and O–H groups in total. The second-order valence-corrected chi connectivity index (χ2v) is 7.51. The molecule has 136 valence electrons. The third-order valence-corrected chi connectivity index (χ3v) is 4.27. The van der Waals surface area contributed by atoms with Gasteiger partial charge in [-0.1, -0.05) is 12.1 Å². The molecule has 1 aromatic rings. The van der Waals surface area contributed by atoms with E-state index in [1.54, 1.807) is 0 Å². The van der Waals surface area contributed by atoms with E-state index in [9.17, 15) is 4.79 Å². The molecule has 7 nitrogen and oxygen atoms in total. The average molecular weight is 338 g/mol. The molecule has 1 fully saturated rings. The maximum absolute atomic E-state index is 11.9. The number of nitrogens with one attached hydrogen (secondary N) is 1. The molecule has 24 heavy (non-hydrogen) atoms. The van der Waals surface area contributed by atoms with E-state index < -0.39 is 5.60 Å². The maximum Gasteiger partial charge on any atom is 0.407 e. The molecule has 0 spiro atoms. The summed E-state index contributed by atoms with van der Waals surface area (Å²) in [5.41, 5.74) is -0.464. The first kappa shape index (κ1) is 18.7. The molecule has 1 aromatic heterocycles. The minimum Gasteiger partial charge on any atom is -0.444 e. The Hall–Kier alpha value is -1.63. The first-order chi connectivity index (χ1) is 11.3. The van der Waals surface area contributed by atoms with Gasteiger partial charge in [0.1, 0.15) is 5.60 Å². The summed E-state index contributed by atoms with van der Waals surface area (Å²) < 4.78 is 10.6. The van der Waals surface area contributed by atoms with Crippen LogP contribution in [0.3, 0.4) is 0 Å². The number of alkyl carbamates (subject to hydrolysis) is 1. The predicted octanol–water partition coefficient (Wildman–Crippen LogP) is 2.76. The van der Waals surface area contributed by atoms with Gasteiger partial charge < -0.3 is 14.6 Å². The fraction of sp³-hybridized carbons (Fsp3) is 0.824. The van der Waals surface area contributed by atoms with Gasteiger partial charge in [0.15, 0.2) is 5.82 Å². The van der Waals surface area contributed by atoms with Gasteiger partial charge in [0, 0.05) is 12.5 Å². The molecule has 0 saturated carbocycles. The fourth-order valence-corrected chi connectivity index (χ4v) is 2.91. The minimum absolute atomic E-state index is 0.108. The zero-order valence-corrected chi connectivity index (χ0v) is 15.5. The number of amides is 1. The van der Waals surface area contributed by atoms with Crippen LogP contribution in [0.2, 0.25) is 0 Å². The highest BCUT2D eigenvalue weighted by Gasteiger charge is 2.27. The van der Waals surface area contributed by atoms with Crippen LogP contribution in [0, 0.1) is 5.92 Å². The first-order valence-electron chi connectivity index (χ1n) is 8.80. The van der Waals surface area contributed by atoms with Crippen LogP contribution in [0.15, 0.2) is 4.52 Å². The van der Waals surface area contributed by atoms with Gasteiger partial charge >= 0.3 is 6.09 Å². The van der Waals surface area contributed by atoms with Crippen molar-refractivity contribution in [3.8, 4) is 0 Å². The molecule has 1 saturated heterocycles. The fourth-order valence-electron chi connectivity index (χ4n) is 2.91. The Bertz CT molecular complexity index is 530. The smallest absolute Gasteiger partial charge is 0.407 e. The summed E-state index contributed by atoms with van der Waals surface area (Å²) in [6, 6.07) is 0.108. The third-order valence-electron chi connectivity index (χ3n) is 4.27. The Morgan fingerprint density at radius 1 is 1.42 bits per heavy atom. The van der Waals surface area contributed by atoms with Crippen LogP contribution in [0.4, 0.5) is 4.79 Å². The predicted molar refractivity (Wildman–Crippen MR) is 90.5 cm³/mol. The monoisotopic (exact) mass is 338 g/mol. The zero-order valence-electron chi connectivity index (χ0n) is 15.5. The molecule has 0 unspecified atom stereocenters. The van der Waals surface area contributed by atoms with E-state index in [-0.39, 0.29) is 12.1 Å². The number of carbonyl (C=O) groups excluding carboxylic acids is 1. The molecule has 0 aromatic carbocycles. The summed E-state index contributed by atoms with van der Waals surface area (Å²) >= 11 is 0. The van der Waals surface area contributed by atoms with Crippen LogP contribution < -0.4 is 5.32 Å². The number of rotatable bonds is 5. The summed E-state index contributed by atoms with van der Waals surface area (Å²) in [4.78, 5) is 18.6. The number of carbonyl (C=O) groups is 1. The van der Waals surface area contributed by atoms with Gasteiger partial charge in [-0.3, -0.25) is 4.90 Å². The van der Waals surface area contributed by atoms with Gasteiger partial charge in [-0.25, -0.2) is 4.79 Å². The average Bonchev–Trinajstić information content (AvgIpc) is 2.93. The molecular weight excluding hydrogens is 308 g/mol. The summed E-state index contributed by atoms with van der Waals surface area (Å²) in [7, 11) is 0. The van der Waals surface area contributed by atoms with Crippen LogP contribution in [0.1, 0.15) is 59.2 Å². The van der Waals surface area contributed by atoms with E-state index in [2.05, 4.69) is 27.3 Å². The lowest BCUT2D eigenvalue weighted by atomic mass is 9.90. The van der Waals surface area contributed by atoms with Crippen molar-refractivity contribution >= 4 is 6.09 Å². The molecular formula is C17H30N4O3. The zero-order chi connectivity index (χ0) is 17.7. The van der Waals surface area contributed by atoms with Gasteiger partial charge in [-0.05, 0) is 59.5 Å². The summed E-state index contributed by atoms with van der Waals surface area (Å²) in [5, 5.41) is 6.89. The highest BCUT2D eigenvalue weighted by Crippen LogP contribution is 2.22. The Labute approximate surface area is 144 Å². The van der Waals surface area contributed by atoms with Crippen molar-refractivity contribution in [1.29, 1.82) is 0 Å². The van der Waals surface area contributed by atoms with Crippen LogP contribution >= 0.6 is 0 Å². The van der Waals surface area contributed by atoms with Crippen molar-refractivity contribution in [2.24, 2.45) is 5.92 Å². The maximum atomic E-state index is 11.9. The number of likely N-dealkylation sites (tertiary alicyclic amines) is 1. The van der Waals surface area contributed by atoms with E-state index in [0.29, 0.717) is 18.4 Å². The van der Waals surface area contributed by atoms with E-state index >= 15 is 0 Å². The van der Waals surface area contributed by atoms with Crippen molar-refractivity contribution in [1.82, 2.24) is 20.4 Å². The Morgan fingerprint density at radius 2 is 2.08 bits per heavy atom. The Balaban J connectivity index is 1.74. The molecule has 0 radical (unpaired) electrons. The lowest BCUT2D eigenvalue weighted by Gasteiger charge is -2.34. The van der Waals surface area contributed by atoms with Gasteiger partial charge in [-0.15, -0.1) is 0 Å². The number of ether oxygens (including phenoxy) is 1. The summed E-state index contributed by atoms with van der Waals surface area (Å²) in [6.45, 7) is 12.3. The number of hydrogen-bond acceptors (Lipinski definition) is 6.